The van der Waals surface area contributed by atoms with Gasteiger partial charge in [-0.25, -0.2) is 4.98 Å². The maximum Gasteiger partial charge on any atom is 0.150 e. The first-order valence-corrected chi connectivity index (χ1v) is 11.3. The Labute approximate surface area is 189 Å². The lowest BCUT2D eigenvalue weighted by molar-refractivity contribution is 0.292. The first kappa shape index (κ1) is 20.4. The Morgan fingerprint density at radius 3 is 2.44 bits per heavy atom. The highest BCUT2D eigenvalue weighted by atomic mass is 16.5. The van der Waals surface area contributed by atoms with Gasteiger partial charge in [0.25, 0.3) is 0 Å². The van der Waals surface area contributed by atoms with Crippen molar-refractivity contribution < 1.29 is 9.47 Å². The molecule has 1 aliphatic heterocycles. The Kier molecular flexibility index (Phi) is 5.71. The molecular formula is C27H29N3O2. The molecule has 5 rings (SSSR count). The first-order chi connectivity index (χ1) is 15.7. The maximum atomic E-state index is 6.36. The largest absolute Gasteiger partial charge is 0.486 e. The van der Waals surface area contributed by atoms with E-state index in [1.165, 1.54) is 30.5 Å². The van der Waals surface area contributed by atoms with E-state index in [0.717, 1.165) is 47.2 Å². The normalized spacial score (nSPS) is 14.0. The highest BCUT2D eigenvalue weighted by molar-refractivity contribution is 5.78. The number of piperidine rings is 1. The summed E-state index contributed by atoms with van der Waals surface area (Å²) in [6.07, 6.45) is 3.79. The van der Waals surface area contributed by atoms with E-state index in [2.05, 4.69) is 52.8 Å². The monoisotopic (exact) mass is 427 g/mol. The van der Waals surface area contributed by atoms with Crippen LogP contribution in [0, 0.1) is 6.92 Å². The molecule has 0 unspecified atom stereocenters. The Morgan fingerprint density at radius 1 is 0.875 bits per heavy atom. The number of imidazole rings is 1. The minimum atomic E-state index is 0.419. The topological polar surface area (TPSA) is 39.5 Å². The lowest BCUT2D eigenvalue weighted by Crippen LogP contribution is -2.29. The second-order valence-corrected chi connectivity index (χ2v) is 8.46. The molecule has 1 aliphatic rings. The Bertz CT molecular complexity index is 1210. The van der Waals surface area contributed by atoms with Gasteiger partial charge >= 0.3 is 0 Å². The summed E-state index contributed by atoms with van der Waals surface area (Å²) >= 11 is 0. The third-order valence-electron chi connectivity index (χ3n) is 6.12. The van der Waals surface area contributed by atoms with E-state index in [9.17, 15) is 0 Å². The highest BCUT2D eigenvalue weighted by Gasteiger charge is 2.16. The molecule has 4 aromatic rings. The number of aryl methyl sites for hydroxylation is 2. The fourth-order valence-electron chi connectivity index (χ4n) is 4.26. The molecule has 1 fully saturated rings. The Hall–Kier alpha value is -3.47. The average Bonchev–Trinajstić information content (AvgIpc) is 3.15. The van der Waals surface area contributed by atoms with Gasteiger partial charge in [0, 0.05) is 26.2 Å². The fraction of sp³-hybridized carbons (Fsp3) is 0.296. The van der Waals surface area contributed by atoms with Crippen molar-refractivity contribution in [2.24, 2.45) is 7.05 Å². The summed E-state index contributed by atoms with van der Waals surface area (Å²) in [5, 5.41) is 0. The number of hydrogen-bond donors (Lipinski definition) is 0. The molecule has 1 saturated heterocycles. The summed E-state index contributed by atoms with van der Waals surface area (Å²) in [5.41, 5.74) is 4.35. The zero-order chi connectivity index (χ0) is 21.9. The summed E-state index contributed by atoms with van der Waals surface area (Å²) < 4.78 is 14.4. The van der Waals surface area contributed by atoms with Crippen molar-refractivity contribution in [1.82, 2.24) is 9.55 Å². The van der Waals surface area contributed by atoms with Crippen LogP contribution in [-0.4, -0.2) is 22.6 Å². The Morgan fingerprint density at radius 2 is 1.62 bits per heavy atom. The zero-order valence-corrected chi connectivity index (χ0v) is 18.8. The zero-order valence-electron chi connectivity index (χ0n) is 18.8. The van der Waals surface area contributed by atoms with Crippen LogP contribution in [0.4, 0.5) is 5.69 Å². The van der Waals surface area contributed by atoms with Crippen molar-refractivity contribution in [3.63, 3.8) is 0 Å². The van der Waals surface area contributed by atoms with Gasteiger partial charge in [-0.3, -0.25) is 0 Å². The smallest absolute Gasteiger partial charge is 0.150 e. The van der Waals surface area contributed by atoms with Crippen LogP contribution in [0.2, 0.25) is 0 Å². The first-order valence-electron chi connectivity index (χ1n) is 11.3. The van der Waals surface area contributed by atoms with Crippen molar-refractivity contribution >= 4 is 16.7 Å². The summed E-state index contributed by atoms with van der Waals surface area (Å²) in [6.45, 7) is 4.67. The summed E-state index contributed by atoms with van der Waals surface area (Å²) in [4.78, 5) is 7.19. The molecule has 0 aliphatic carbocycles. The second kappa shape index (κ2) is 8.95. The van der Waals surface area contributed by atoms with Crippen molar-refractivity contribution in [3.8, 4) is 17.2 Å². The van der Waals surface area contributed by atoms with E-state index >= 15 is 0 Å². The Balaban J connectivity index is 1.36. The van der Waals surface area contributed by atoms with E-state index in [-0.39, 0.29) is 0 Å². The molecule has 0 radical (unpaired) electrons. The minimum absolute atomic E-state index is 0.419. The molecule has 3 aromatic carbocycles. The molecule has 0 bridgehead atoms. The number of para-hydroxylation sites is 2. The van der Waals surface area contributed by atoms with Crippen LogP contribution in [0.5, 0.6) is 17.2 Å². The van der Waals surface area contributed by atoms with Crippen LogP contribution >= 0.6 is 0 Å². The van der Waals surface area contributed by atoms with Crippen LogP contribution < -0.4 is 14.4 Å². The van der Waals surface area contributed by atoms with Gasteiger partial charge in [-0.2, -0.15) is 0 Å². The minimum Gasteiger partial charge on any atom is -0.486 e. The predicted molar refractivity (Wildman–Crippen MR) is 129 cm³/mol. The molecule has 0 atom stereocenters. The van der Waals surface area contributed by atoms with Crippen LogP contribution in [-0.2, 0) is 13.7 Å². The van der Waals surface area contributed by atoms with Gasteiger partial charge in [-0.1, -0.05) is 29.8 Å². The number of hydrogen-bond acceptors (Lipinski definition) is 4. The fourth-order valence-corrected chi connectivity index (χ4v) is 4.26. The van der Waals surface area contributed by atoms with Gasteiger partial charge in [0.15, 0.2) is 5.75 Å². The van der Waals surface area contributed by atoms with Crippen molar-refractivity contribution in [3.05, 3.63) is 78.1 Å². The molecule has 1 aromatic heterocycles. The molecule has 0 spiro atoms. The number of rotatable bonds is 6. The van der Waals surface area contributed by atoms with E-state index in [4.69, 9.17) is 14.5 Å². The van der Waals surface area contributed by atoms with Gasteiger partial charge in [0.05, 0.1) is 16.7 Å². The lowest BCUT2D eigenvalue weighted by Gasteiger charge is -2.30. The summed E-state index contributed by atoms with van der Waals surface area (Å²) in [7, 11) is 2.02. The average molecular weight is 428 g/mol. The van der Waals surface area contributed by atoms with Gasteiger partial charge in [-0.15, -0.1) is 0 Å². The van der Waals surface area contributed by atoms with Crippen molar-refractivity contribution in [2.45, 2.75) is 32.8 Å². The van der Waals surface area contributed by atoms with Crippen molar-refractivity contribution in [2.75, 3.05) is 18.0 Å². The SMILES string of the molecule is Cc1ccc(OCc2nc3ccc(Oc4ccccc4N4CCCCC4)cc3n2C)cc1. The second-order valence-electron chi connectivity index (χ2n) is 8.46. The quantitative estimate of drug-likeness (QED) is 0.365. The van der Waals surface area contributed by atoms with E-state index < -0.39 is 0 Å². The van der Waals surface area contributed by atoms with Crippen molar-refractivity contribution in [1.29, 1.82) is 0 Å². The summed E-state index contributed by atoms with van der Waals surface area (Å²) in [6, 6.07) is 22.5. The van der Waals surface area contributed by atoms with Crippen LogP contribution in [0.3, 0.4) is 0 Å². The number of anilines is 1. The van der Waals surface area contributed by atoms with Crippen LogP contribution in [0.1, 0.15) is 30.7 Å². The van der Waals surface area contributed by atoms with E-state index in [0.29, 0.717) is 6.61 Å². The van der Waals surface area contributed by atoms with E-state index in [1.807, 2.05) is 37.4 Å². The number of benzene rings is 3. The third kappa shape index (κ3) is 4.28. The molecule has 5 nitrogen and oxygen atoms in total. The highest BCUT2D eigenvalue weighted by Crippen LogP contribution is 2.34. The molecular weight excluding hydrogens is 398 g/mol. The van der Waals surface area contributed by atoms with Gasteiger partial charge < -0.3 is 18.9 Å². The van der Waals surface area contributed by atoms with Gasteiger partial charge in [0.1, 0.15) is 23.9 Å². The maximum absolute atomic E-state index is 6.36. The molecule has 0 amide bonds. The summed E-state index contributed by atoms with van der Waals surface area (Å²) in [5.74, 6) is 3.45. The number of ether oxygens (including phenoxy) is 2. The molecule has 0 N–H and O–H groups in total. The van der Waals surface area contributed by atoms with Gasteiger partial charge in [0.2, 0.25) is 0 Å². The molecule has 164 valence electrons. The lowest BCUT2D eigenvalue weighted by atomic mass is 10.1. The molecule has 0 saturated carbocycles. The number of nitrogens with zero attached hydrogens (tertiary/aromatic N) is 3. The molecule has 5 heteroatoms. The van der Waals surface area contributed by atoms with Crippen LogP contribution in [0.15, 0.2) is 66.7 Å². The van der Waals surface area contributed by atoms with Gasteiger partial charge in [-0.05, 0) is 62.6 Å². The number of aromatic nitrogens is 2. The van der Waals surface area contributed by atoms with Crippen LogP contribution in [0.25, 0.3) is 11.0 Å². The molecule has 2 heterocycles. The predicted octanol–water partition coefficient (Wildman–Crippen LogP) is 6.24. The molecule has 32 heavy (non-hydrogen) atoms. The number of fused-ring (bicyclic) bond motifs is 1. The third-order valence-corrected chi connectivity index (χ3v) is 6.12. The standard InChI is InChI=1S/C27H29N3O2/c1-20-10-12-21(13-11-20)31-19-27-28-23-15-14-22(18-25(23)29(27)2)32-26-9-5-4-8-24(26)30-16-6-3-7-17-30/h4-5,8-15,18H,3,6-7,16-17,19H2,1-2H3. The van der Waals surface area contributed by atoms with E-state index in [1.54, 1.807) is 0 Å².